The lowest BCUT2D eigenvalue weighted by Crippen LogP contribution is -2.70. The second-order valence-corrected chi connectivity index (χ2v) is 33.5. The highest BCUT2D eigenvalue weighted by molar-refractivity contribution is 7.47. The average molecular weight is 1640 g/mol. The van der Waals surface area contributed by atoms with Gasteiger partial charge in [-0.25, -0.2) is 4.57 Å². The molecule has 26 heteroatoms. The topological polar surface area (TPSA) is 380 Å². The molecule has 3 fully saturated rings. The highest BCUT2D eigenvalue weighted by Crippen LogP contribution is 2.49. The Hall–Kier alpha value is -3.05. The quantitative estimate of drug-likeness (QED) is 0.00889. The van der Waals surface area contributed by atoms with Crippen LogP contribution in [0, 0.1) is 0 Å². The maximum Gasteiger partial charge on any atom is 0.472 e. The Morgan fingerprint density at radius 2 is 0.664 bits per heavy atom. The Balaban J connectivity index is 1.93. The normalized spacial score (nSPS) is 25.6. The molecular weight excluding hydrogens is 1480 g/mol. The van der Waals surface area contributed by atoms with Gasteiger partial charge in [0.25, 0.3) is 0 Å². The number of esters is 4. The largest absolute Gasteiger partial charge is 0.472 e. The second-order valence-electron chi connectivity index (χ2n) is 32.1. The van der Waals surface area contributed by atoms with Crippen LogP contribution in [-0.2, 0) is 70.7 Å². The van der Waals surface area contributed by atoms with E-state index in [1.54, 1.807) is 0 Å². The number of unbranched alkanes of at least 4 members (excludes halogenated alkanes) is 44. The molecule has 0 aromatic rings. The van der Waals surface area contributed by atoms with Crippen molar-refractivity contribution >= 4 is 31.7 Å². The van der Waals surface area contributed by atoms with Gasteiger partial charge in [-0.2, -0.15) is 0 Å². The lowest BCUT2D eigenvalue weighted by Gasteiger charge is -2.50. The van der Waals surface area contributed by atoms with Gasteiger partial charge in [-0.05, 0) is 77.0 Å². The van der Waals surface area contributed by atoms with Gasteiger partial charge in [0.1, 0.15) is 92.6 Å². The summed E-state index contributed by atoms with van der Waals surface area (Å²) in [6.45, 7) is 5.53. The Bertz CT molecular complexity index is 2460. The summed E-state index contributed by atoms with van der Waals surface area (Å²) in [4.78, 5) is 66.2. The van der Waals surface area contributed by atoms with Crippen molar-refractivity contribution in [2.24, 2.45) is 0 Å². The van der Waals surface area contributed by atoms with Gasteiger partial charge in [0, 0.05) is 25.7 Å². The van der Waals surface area contributed by atoms with Gasteiger partial charge < -0.3 is 88.7 Å². The molecule has 0 radical (unpaired) electrons. The van der Waals surface area contributed by atoms with Crippen LogP contribution in [0.5, 0.6) is 0 Å². The Kier molecular flexibility index (Phi) is 61.5. The number of phosphoric acid groups is 1. The number of rotatable bonds is 72. The van der Waals surface area contributed by atoms with Crippen LogP contribution in [0.1, 0.15) is 374 Å². The molecule has 0 aromatic heterocycles. The Morgan fingerprint density at radius 3 is 1.06 bits per heavy atom. The maximum absolute atomic E-state index is 14.9. The molecule has 3 rings (SSSR count). The third-order valence-corrected chi connectivity index (χ3v) is 22.9. The van der Waals surface area contributed by atoms with Crippen molar-refractivity contribution in [3.05, 3.63) is 24.3 Å². The van der Waals surface area contributed by atoms with E-state index in [2.05, 4.69) is 52.0 Å². The number of allylic oxidation sites excluding steroid dienone is 4. The van der Waals surface area contributed by atoms with Gasteiger partial charge in [0.2, 0.25) is 0 Å². The zero-order valence-corrected chi connectivity index (χ0v) is 71.1. The summed E-state index contributed by atoms with van der Waals surface area (Å²) in [5, 5.41) is 102. The molecule has 2 saturated heterocycles. The van der Waals surface area contributed by atoms with Crippen molar-refractivity contribution in [2.75, 3.05) is 26.4 Å². The fourth-order valence-corrected chi connectivity index (χ4v) is 15.7. The third-order valence-electron chi connectivity index (χ3n) is 21.9. The molecule has 1 aliphatic carbocycles. The molecule has 2 heterocycles. The van der Waals surface area contributed by atoms with Crippen molar-refractivity contribution in [2.45, 2.75) is 479 Å². The fraction of sp³-hybridized carbons (Fsp3) is 0.908. The summed E-state index contributed by atoms with van der Waals surface area (Å²) in [7, 11) is -5.81. The van der Waals surface area contributed by atoms with Gasteiger partial charge in [-0.1, -0.05) is 296 Å². The first-order chi connectivity index (χ1) is 54.7. The van der Waals surface area contributed by atoms with E-state index in [9.17, 15) is 74.6 Å². The first-order valence-corrected chi connectivity index (χ1v) is 46.6. The molecular formula is C87H159O25P. The number of hydrogen-bond donors (Lipinski definition) is 10. The average Bonchev–Trinajstić information content (AvgIpc) is 0.754. The standard InChI is InChI=1S/C87H159O25P/c1-5-9-13-17-21-25-29-33-34-38-40-44-48-52-56-60-71(90)104-66-69-75(94)77(96)81(100)87(108-69)111-84-82(109-73(92)62-58-54-50-46-42-37-32-28-24-20-16-12-8-4)78(97)79(98)83(110-86-80(99)76(95)74(93)68(63-88)107-86)85(84)112-113(101,102)105-65-67(106-72(91)61-57-53-49-45-41-36-31-27-23-19-15-11-7-3)64-103-70(89)59-55-51-47-43-39-35-30-26-22-18-14-10-6-2/h35,37,39,42,67-69,74-88,93-100H,5-34,36,38,40-41,43-66H2,1-4H3,(H,101,102)/b39-35-,42-37-. The predicted molar refractivity (Wildman–Crippen MR) is 435 cm³/mol. The van der Waals surface area contributed by atoms with E-state index in [4.69, 9.17) is 46.9 Å². The SMILES string of the molecule is CCCCCCCC/C=C\CCCCCC(=O)OCC(COP(=O)(O)OC1C(OC2OC(CO)C(O)C(O)C2O)C(O)C(O)C(OC(=O)CCCCC/C=C\CCCCCCCC)C1OC1OC(COC(=O)CCCCCCCCCCCCCCCCC)C(O)C(O)C1O)OC(=O)CCCCCCCCCCCCCCC. The molecule has 0 amide bonds. The van der Waals surface area contributed by atoms with Crippen molar-refractivity contribution in [3.63, 3.8) is 0 Å². The highest BCUT2D eigenvalue weighted by atomic mass is 31.2. The van der Waals surface area contributed by atoms with E-state index in [0.29, 0.717) is 32.1 Å². The van der Waals surface area contributed by atoms with E-state index >= 15 is 0 Å². The van der Waals surface area contributed by atoms with E-state index in [1.807, 2.05) is 0 Å². The molecule has 18 atom stereocenters. The van der Waals surface area contributed by atoms with Crippen LogP contribution in [0.15, 0.2) is 24.3 Å². The van der Waals surface area contributed by atoms with Crippen LogP contribution in [0.4, 0.5) is 0 Å². The molecule has 0 aromatic carbocycles. The van der Waals surface area contributed by atoms with E-state index < -0.39 is 162 Å². The van der Waals surface area contributed by atoms with Crippen LogP contribution >= 0.6 is 7.82 Å². The van der Waals surface area contributed by atoms with Gasteiger partial charge >= 0.3 is 31.7 Å². The van der Waals surface area contributed by atoms with Crippen LogP contribution < -0.4 is 0 Å². The molecule has 3 aliphatic rings. The number of ether oxygens (including phenoxy) is 8. The molecule has 2 aliphatic heterocycles. The summed E-state index contributed by atoms with van der Waals surface area (Å²) < 4.78 is 73.2. The minimum Gasteiger partial charge on any atom is -0.463 e. The summed E-state index contributed by atoms with van der Waals surface area (Å²) in [6.07, 6.45) is 24.9. The first kappa shape index (κ1) is 104. The number of hydrogen-bond acceptors (Lipinski definition) is 24. The molecule has 662 valence electrons. The van der Waals surface area contributed by atoms with Gasteiger partial charge in [0.05, 0.1) is 13.2 Å². The van der Waals surface area contributed by atoms with Crippen molar-refractivity contribution in [1.82, 2.24) is 0 Å². The van der Waals surface area contributed by atoms with Crippen LogP contribution in [0.3, 0.4) is 0 Å². The van der Waals surface area contributed by atoms with E-state index in [-0.39, 0.29) is 32.1 Å². The van der Waals surface area contributed by atoms with Crippen molar-refractivity contribution in [1.29, 1.82) is 0 Å². The number of carbonyl (C=O) groups is 4. The van der Waals surface area contributed by atoms with Crippen LogP contribution in [0.25, 0.3) is 0 Å². The smallest absolute Gasteiger partial charge is 0.463 e. The second kappa shape index (κ2) is 66.7. The Morgan fingerprint density at radius 1 is 0.345 bits per heavy atom. The third kappa shape index (κ3) is 47.5. The lowest BCUT2D eigenvalue weighted by molar-refractivity contribution is -0.360. The molecule has 0 spiro atoms. The fourth-order valence-electron chi connectivity index (χ4n) is 14.7. The molecule has 25 nitrogen and oxygen atoms in total. The monoisotopic (exact) mass is 1640 g/mol. The number of carbonyl (C=O) groups excluding carboxylic acids is 4. The molecule has 18 unspecified atom stereocenters. The Labute approximate surface area is 679 Å². The predicted octanol–water partition coefficient (Wildman–Crippen LogP) is 15.8. The molecule has 0 bridgehead atoms. The molecule has 113 heavy (non-hydrogen) atoms. The minimum atomic E-state index is -5.81. The lowest BCUT2D eigenvalue weighted by atomic mass is 9.84. The van der Waals surface area contributed by atoms with Crippen molar-refractivity contribution in [3.8, 4) is 0 Å². The summed E-state index contributed by atoms with van der Waals surface area (Å²) >= 11 is 0. The number of aliphatic hydroxyl groups is 9. The van der Waals surface area contributed by atoms with Gasteiger partial charge in [-0.15, -0.1) is 0 Å². The van der Waals surface area contributed by atoms with Gasteiger partial charge in [-0.3, -0.25) is 28.2 Å². The zero-order valence-electron chi connectivity index (χ0n) is 70.2. The van der Waals surface area contributed by atoms with Crippen LogP contribution in [0.2, 0.25) is 0 Å². The number of aliphatic hydroxyl groups excluding tert-OH is 9. The number of phosphoric ester groups is 1. The summed E-state index contributed by atoms with van der Waals surface area (Å²) in [5.41, 5.74) is 0. The minimum absolute atomic E-state index is 0.0141. The highest BCUT2D eigenvalue weighted by Gasteiger charge is 2.60. The van der Waals surface area contributed by atoms with E-state index in [1.165, 1.54) is 161 Å². The molecule has 1 saturated carbocycles. The maximum atomic E-state index is 14.9. The van der Waals surface area contributed by atoms with E-state index in [0.717, 1.165) is 122 Å². The summed E-state index contributed by atoms with van der Waals surface area (Å²) in [5.74, 6) is -3.00. The first-order valence-electron chi connectivity index (χ1n) is 45.1. The van der Waals surface area contributed by atoms with Crippen LogP contribution in [-0.4, -0.2) is 205 Å². The molecule has 10 N–H and O–H groups in total. The summed E-state index contributed by atoms with van der Waals surface area (Å²) in [6, 6.07) is 0. The van der Waals surface area contributed by atoms with Gasteiger partial charge in [0.15, 0.2) is 24.8 Å². The van der Waals surface area contributed by atoms with Crippen molar-refractivity contribution < 1.29 is 122 Å². The zero-order chi connectivity index (χ0) is 82.5.